The number of alkyl carbamates (subject to hydrolysis) is 1. The van der Waals surface area contributed by atoms with Gasteiger partial charge >= 0.3 is 6.09 Å². The molecule has 280 valence electrons. The van der Waals surface area contributed by atoms with Crippen molar-refractivity contribution in [1.29, 1.82) is 0 Å². The van der Waals surface area contributed by atoms with Crippen LogP contribution in [0.25, 0.3) is 22.3 Å². The van der Waals surface area contributed by atoms with Gasteiger partial charge < -0.3 is 34.3 Å². The highest BCUT2D eigenvalue weighted by atomic mass is 28.3. The van der Waals surface area contributed by atoms with Crippen LogP contribution in [0.5, 0.6) is 0 Å². The molecule has 2 aliphatic heterocycles. The fourth-order valence-corrected chi connectivity index (χ4v) is 7.46. The summed E-state index contributed by atoms with van der Waals surface area (Å²) < 4.78 is 19.5. The van der Waals surface area contributed by atoms with Crippen molar-refractivity contribution in [2.45, 2.75) is 90.6 Å². The summed E-state index contributed by atoms with van der Waals surface area (Å²) in [5.74, 6) is 1.67. The Morgan fingerprint density at radius 1 is 1.00 bits per heavy atom. The predicted octanol–water partition coefficient (Wildman–Crippen LogP) is 6.66. The van der Waals surface area contributed by atoms with Crippen molar-refractivity contribution in [1.82, 2.24) is 34.7 Å². The number of nitrogens with one attached hydrogen (secondary N) is 2. The van der Waals surface area contributed by atoms with Crippen molar-refractivity contribution in [3.05, 3.63) is 54.9 Å². The van der Waals surface area contributed by atoms with E-state index in [4.69, 9.17) is 24.2 Å². The first-order valence-electron chi connectivity index (χ1n) is 18.4. The molecule has 5 heterocycles. The number of anilines is 3. The van der Waals surface area contributed by atoms with E-state index in [1.165, 1.54) is 0 Å². The number of morpholine rings is 1. The lowest BCUT2D eigenvalue weighted by atomic mass is 9.91. The Balaban J connectivity index is 1.12. The summed E-state index contributed by atoms with van der Waals surface area (Å²) in [6, 6.07) is 11.7. The minimum atomic E-state index is -1.22. The van der Waals surface area contributed by atoms with Gasteiger partial charge in [-0.25, -0.2) is 24.7 Å². The van der Waals surface area contributed by atoms with E-state index in [-0.39, 0.29) is 11.6 Å². The van der Waals surface area contributed by atoms with Crippen LogP contribution in [-0.2, 0) is 27.5 Å². The fraction of sp³-hybridized carbons (Fsp3) is 0.553. The third-order valence-electron chi connectivity index (χ3n) is 9.31. The van der Waals surface area contributed by atoms with Gasteiger partial charge in [-0.2, -0.15) is 0 Å². The van der Waals surface area contributed by atoms with Gasteiger partial charge in [-0.15, -0.1) is 0 Å². The monoisotopic (exact) mass is 729 g/mol. The summed E-state index contributed by atoms with van der Waals surface area (Å²) in [5.41, 5.74) is 3.80. The van der Waals surface area contributed by atoms with Crippen LogP contribution in [0.15, 0.2) is 49.1 Å². The lowest BCUT2D eigenvalue weighted by molar-refractivity contribution is 0.0381. The smallest absolute Gasteiger partial charge is 0.408 e. The van der Waals surface area contributed by atoms with Gasteiger partial charge in [0.15, 0.2) is 0 Å². The first kappa shape index (κ1) is 37.6. The minimum absolute atomic E-state index is 0.373. The van der Waals surface area contributed by atoms with Crippen molar-refractivity contribution in [2.75, 3.05) is 56.2 Å². The summed E-state index contributed by atoms with van der Waals surface area (Å²) in [6.45, 7) is 21.1. The Morgan fingerprint density at radius 3 is 2.42 bits per heavy atom. The summed E-state index contributed by atoms with van der Waals surface area (Å²) in [5, 5.41) is 7.55. The number of piperidine rings is 1. The molecule has 2 N–H and O–H groups in total. The molecule has 2 aliphatic rings. The molecule has 0 radical (unpaired) electrons. The molecule has 0 bridgehead atoms. The lowest BCUT2D eigenvalue weighted by Crippen LogP contribution is -2.57. The quantitative estimate of drug-likeness (QED) is 0.120. The number of rotatable bonds is 12. The van der Waals surface area contributed by atoms with Crippen molar-refractivity contribution >= 4 is 42.4 Å². The van der Waals surface area contributed by atoms with E-state index in [2.05, 4.69) is 91.9 Å². The van der Waals surface area contributed by atoms with Gasteiger partial charge in [0.1, 0.15) is 35.9 Å². The van der Waals surface area contributed by atoms with Crippen LogP contribution >= 0.6 is 0 Å². The van der Waals surface area contributed by atoms with Gasteiger partial charge in [-0.05, 0) is 76.9 Å². The minimum Gasteiger partial charge on any atom is -0.444 e. The molecule has 0 unspecified atom stereocenters. The predicted molar refractivity (Wildman–Crippen MR) is 208 cm³/mol. The maximum Gasteiger partial charge on any atom is 0.408 e. The third-order valence-corrected chi connectivity index (χ3v) is 11.0. The Bertz CT molecular complexity index is 1800. The lowest BCUT2D eigenvalue weighted by Gasteiger charge is -2.40. The Kier molecular flexibility index (Phi) is 11.5. The van der Waals surface area contributed by atoms with Crippen molar-refractivity contribution in [3.8, 4) is 11.3 Å². The molecule has 1 amide bonds. The van der Waals surface area contributed by atoms with E-state index in [1.807, 2.05) is 33.2 Å². The van der Waals surface area contributed by atoms with Crippen LogP contribution in [0.2, 0.25) is 25.7 Å². The van der Waals surface area contributed by atoms with Gasteiger partial charge in [0.05, 0.1) is 54.5 Å². The van der Waals surface area contributed by atoms with E-state index in [1.54, 1.807) is 6.33 Å². The molecule has 0 spiro atoms. The highest BCUT2D eigenvalue weighted by Gasteiger charge is 2.34. The van der Waals surface area contributed by atoms with Crippen LogP contribution in [0.3, 0.4) is 0 Å². The summed E-state index contributed by atoms with van der Waals surface area (Å²) in [4.78, 5) is 35.8. The molecule has 0 aliphatic carbocycles. The SMILES string of the molecule is CC(C)(C)OC(=O)N[C@]1(C)CCCN(Cc2ncc(Nc3ccc(-c4cc5c(N6CCOCC6)ncnc5n4COCC[Si](C)(C)C)cc3)cn2)C1. The van der Waals surface area contributed by atoms with Crippen LogP contribution in [-0.4, -0.2) is 101 Å². The first-order valence-corrected chi connectivity index (χ1v) is 22.1. The second-order valence-electron chi connectivity index (χ2n) is 16.4. The highest BCUT2D eigenvalue weighted by molar-refractivity contribution is 6.76. The van der Waals surface area contributed by atoms with E-state index in [0.29, 0.717) is 33.0 Å². The largest absolute Gasteiger partial charge is 0.444 e. The first-order chi connectivity index (χ1) is 24.7. The molecule has 13 nitrogen and oxygen atoms in total. The molecule has 1 atom stereocenters. The van der Waals surface area contributed by atoms with Gasteiger partial charge in [0.2, 0.25) is 0 Å². The summed E-state index contributed by atoms with van der Waals surface area (Å²) >= 11 is 0. The summed E-state index contributed by atoms with van der Waals surface area (Å²) in [6.07, 6.45) is 6.77. The summed E-state index contributed by atoms with van der Waals surface area (Å²) in [7, 11) is -1.22. The zero-order valence-electron chi connectivity index (χ0n) is 31.9. The van der Waals surface area contributed by atoms with Gasteiger partial charge in [-0.3, -0.25) is 4.90 Å². The second-order valence-corrected chi connectivity index (χ2v) is 22.1. The number of hydrogen-bond donors (Lipinski definition) is 2. The maximum absolute atomic E-state index is 12.5. The number of hydrogen-bond acceptors (Lipinski definition) is 11. The Labute approximate surface area is 308 Å². The number of carbonyl (C=O) groups is 1. The molecule has 52 heavy (non-hydrogen) atoms. The van der Waals surface area contributed by atoms with E-state index in [9.17, 15) is 4.79 Å². The maximum atomic E-state index is 12.5. The zero-order valence-corrected chi connectivity index (χ0v) is 32.9. The van der Waals surface area contributed by atoms with Gasteiger partial charge in [0.25, 0.3) is 0 Å². The Morgan fingerprint density at radius 2 is 1.73 bits per heavy atom. The van der Waals surface area contributed by atoms with Crippen molar-refractivity contribution < 1.29 is 19.0 Å². The van der Waals surface area contributed by atoms with Crippen LogP contribution in [0, 0.1) is 0 Å². The molecule has 1 aromatic carbocycles. The number of amides is 1. The van der Waals surface area contributed by atoms with E-state index in [0.717, 1.165) is 90.4 Å². The number of nitrogens with zero attached hydrogens (tertiary/aromatic N) is 7. The van der Waals surface area contributed by atoms with Crippen molar-refractivity contribution in [3.63, 3.8) is 0 Å². The average Bonchev–Trinajstić information content (AvgIpc) is 3.45. The van der Waals surface area contributed by atoms with Gasteiger partial charge in [0, 0.05) is 40.0 Å². The molecule has 2 fully saturated rings. The van der Waals surface area contributed by atoms with E-state index >= 15 is 0 Å². The number of fused-ring (bicyclic) bond motifs is 1. The third kappa shape index (κ3) is 10.1. The Hall–Kier alpha value is -4.11. The molecular formula is C38H55N9O4Si. The molecule has 2 saturated heterocycles. The van der Waals surface area contributed by atoms with Crippen molar-refractivity contribution in [2.24, 2.45) is 0 Å². The number of likely N-dealkylation sites (tertiary alicyclic amines) is 1. The molecule has 4 aromatic rings. The number of benzene rings is 1. The van der Waals surface area contributed by atoms with Crippen LogP contribution in [0.4, 0.5) is 22.0 Å². The number of carbonyl (C=O) groups excluding carboxylic acids is 1. The fourth-order valence-electron chi connectivity index (χ4n) is 6.70. The van der Waals surface area contributed by atoms with Crippen LogP contribution in [0.1, 0.15) is 46.4 Å². The highest BCUT2D eigenvalue weighted by Crippen LogP contribution is 2.33. The van der Waals surface area contributed by atoms with E-state index < -0.39 is 13.7 Å². The normalized spacial score (nSPS) is 18.8. The second kappa shape index (κ2) is 15.9. The molecule has 14 heteroatoms. The number of aromatic nitrogens is 5. The topological polar surface area (TPSA) is 132 Å². The molecular weight excluding hydrogens is 675 g/mol. The molecule has 3 aromatic heterocycles. The molecule has 6 rings (SSSR count). The number of ether oxygens (including phenoxy) is 3. The zero-order chi connectivity index (χ0) is 36.9. The average molecular weight is 730 g/mol. The van der Waals surface area contributed by atoms with Crippen LogP contribution < -0.4 is 15.5 Å². The standard InChI is InChI=1S/C38H55N9O4Si/c1-37(2,3)51-36(48)44-38(4)13-8-14-45(25-38)24-33-39-22-30(23-40-33)43-29-11-9-28(10-12-29)32-21-31-34(46-15-17-49-18-16-46)41-26-42-35(31)47(32)27-50-19-20-52(5,6)7/h9-12,21-23,26,43H,8,13-20,24-25,27H2,1-7H3,(H,44,48)/t38-/m1/s1. The van der Waals surface area contributed by atoms with Gasteiger partial charge in [-0.1, -0.05) is 31.8 Å². The molecule has 0 saturated carbocycles.